The predicted molar refractivity (Wildman–Crippen MR) is 152 cm³/mol. The maximum Gasteiger partial charge on any atom is 0.303 e. The highest BCUT2D eigenvalue weighted by Crippen LogP contribution is 2.42. The normalized spacial score (nSPS) is 15.3. The Balaban J connectivity index is 1.60. The molecule has 1 unspecified atom stereocenters. The number of likely N-dealkylation sites (N-methyl/N-ethyl adjacent to an activating group) is 1. The zero-order chi connectivity index (χ0) is 29.2. The third kappa shape index (κ3) is 6.31. The second kappa shape index (κ2) is 11.8. The zero-order valence-corrected chi connectivity index (χ0v) is 24.2. The van der Waals surface area contributed by atoms with Gasteiger partial charge in [-0.15, -0.1) is 0 Å². The van der Waals surface area contributed by atoms with Crippen molar-refractivity contribution in [3.63, 3.8) is 0 Å². The van der Waals surface area contributed by atoms with Gasteiger partial charge in [-0.25, -0.2) is 4.39 Å². The van der Waals surface area contributed by atoms with E-state index in [1.54, 1.807) is 20.1 Å². The fraction of sp³-hybridized carbons (Fsp3) is 0.516. The van der Waals surface area contributed by atoms with Crippen molar-refractivity contribution in [3.8, 4) is 11.5 Å². The van der Waals surface area contributed by atoms with Crippen molar-refractivity contribution in [1.29, 1.82) is 0 Å². The predicted octanol–water partition coefficient (Wildman–Crippen LogP) is 6.84. The second-order valence-corrected chi connectivity index (χ2v) is 11.4. The summed E-state index contributed by atoms with van der Waals surface area (Å²) >= 11 is 0. The number of halogens is 3. The first kappa shape index (κ1) is 29.9. The summed E-state index contributed by atoms with van der Waals surface area (Å²) in [5, 5.41) is 14.0. The van der Waals surface area contributed by atoms with E-state index in [0.29, 0.717) is 29.3 Å². The Kier molecular flexibility index (Phi) is 8.85. The second-order valence-electron chi connectivity index (χ2n) is 11.4. The van der Waals surface area contributed by atoms with E-state index < -0.39 is 28.9 Å². The molecule has 2 N–H and O–H groups in total. The van der Waals surface area contributed by atoms with Crippen LogP contribution in [0.4, 0.5) is 18.9 Å². The summed E-state index contributed by atoms with van der Waals surface area (Å²) in [5.41, 5.74) is -1.18. The Morgan fingerprint density at radius 2 is 1.90 bits per heavy atom. The average molecular weight is 560 g/mol. The standard InChI is InChI=1S/C31H40F3N3O3/c1-19-15-25(36-20(2)22-11-8-12-24(29(22)32)31(33,34)30(3,4)38)23-16-28(27(39-6)17-26(23)35-19)40-14-13-37(5)18-21-9-7-10-21/h8,11-12,15-17,20-21,38H,7,9-10,13-14,18H2,1-6H3,(H,35,36). The summed E-state index contributed by atoms with van der Waals surface area (Å²) in [6, 6.07) is 8.65. The van der Waals surface area contributed by atoms with E-state index in [2.05, 4.69) is 22.2 Å². The maximum absolute atomic E-state index is 15.4. The van der Waals surface area contributed by atoms with Gasteiger partial charge >= 0.3 is 5.92 Å². The third-order valence-electron chi connectivity index (χ3n) is 7.72. The van der Waals surface area contributed by atoms with E-state index in [1.165, 1.54) is 31.4 Å². The lowest BCUT2D eigenvalue weighted by atomic mass is 9.85. The van der Waals surface area contributed by atoms with Crippen LogP contribution in [0.25, 0.3) is 10.9 Å². The number of fused-ring (bicyclic) bond motifs is 1. The number of alkyl halides is 2. The highest BCUT2D eigenvalue weighted by molar-refractivity contribution is 5.94. The quantitative estimate of drug-likeness (QED) is 0.253. The lowest BCUT2D eigenvalue weighted by molar-refractivity contribution is -0.170. The number of benzene rings is 2. The molecule has 3 aromatic rings. The summed E-state index contributed by atoms with van der Waals surface area (Å²) in [6.07, 6.45) is 3.90. The van der Waals surface area contributed by atoms with Crippen LogP contribution in [0.3, 0.4) is 0 Å². The SMILES string of the molecule is COc1cc2nc(C)cc(NC(C)c3cccc(C(F)(F)C(C)(C)O)c3F)c2cc1OCCN(C)CC1CCC1. The lowest BCUT2D eigenvalue weighted by Crippen LogP contribution is -2.41. The molecule has 6 nitrogen and oxygen atoms in total. The number of rotatable bonds is 12. The van der Waals surface area contributed by atoms with Crippen molar-refractivity contribution in [2.75, 3.05) is 39.2 Å². The van der Waals surface area contributed by atoms with Crippen LogP contribution < -0.4 is 14.8 Å². The number of aryl methyl sites for hydroxylation is 1. The van der Waals surface area contributed by atoms with E-state index in [4.69, 9.17) is 9.47 Å². The number of aliphatic hydroxyl groups is 1. The minimum atomic E-state index is -3.78. The topological polar surface area (TPSA) is 66.8 Å². The first-order valence-corrected chi connectivity index (χ1v) is 13.8. The molecule has 1 fully saturated rings. The number of nitrogens with one attached hydrogen (secondary N) is 1. The number of aromatic nitrogens is 1. The lowest BCUT2D eigenvalue weighted by Gasteiger charge is -2.30. The van der Waals surface area contributed by atoms with Gasteiger partial charge in [0.2, 0.25) is 0 Å². The van der Waals surface area contributed by atoms with Crippen LogP contribution in [0.15, 0.2) is 36.4 Å². The number of hydrogen-bond acceptors (Lipinski definition) is 6. The molecule has 0 spiro atoms. The molecule has 0 bridgehead atoms. The molecule has 218 valence electrons. The van der Waals surface area contributed by atoms with Crippen LogP contribution in [0.5, 0.6) is 11.5 Å². The van der Waals surface area contributed by atoms with Gasteiger partial charge in [0.1, 0.15) is 18.0 Å². The molecule has 1 saturated carbocycles. The van der Waals surface area contributed by atoms with Crippen molar-refractivity contribution < 1.29 is 27.8 Å². The van der Waals surface area contributed by atoms with Gasteiger partial charge in [0.25, 0.3) is 0 Å². The summed E-state index contributed by atoms with van der Waals surface area (Å²) in [7, 11) is 3.67. The molecule has 1 aromatic heterocycles. The molecule has 0 saturated heterocycles. The molecular formula is C31H40F3N3O3. The molecule has 1 aliphatic carbocycles. The van der Waals surface area contributed by atoms with Crippen LogP contribution in [0.1, 0.15) is 62.9 Å². The molecule has 2 aromatic carbocycles. The highest BCUT2D eigenvalue weighted by atomic mass is 19.3. The fourth-order valence-corrected chi connectivity index (χ4v) is 5.04. The van der Waals surface area contributed by atoms with E-state index >= 15 is 4.39 Å². The minimum absolute atomic E-state index is 0.0588. The minimum Gasteiger partial charge on any atom is -0.493 e. The Hall–Kier alpha value is -3.04. The van der Waals surface area contributed by atoms with Gasteiger partial charge in [0.15, 0.2) is 11.5 Å². The van der Waals surface area contributed by atoms with Crippen molar-refractivity contribution in [3.05, 3.63) is 59.0 Å². The maximum atomic E-state index is 15.4. The molecule has 4 rings (SSSR count). The summed E-state index contributed by atoms with van der Waals surface area (Å²) in [4.78, 5) is 6.91. The molecular weight excluding hydrogens is 519 g/mol. The molecule has 0 amide bonds. The van der Waals surface area contributed by atoms with Gasteiger partial charge in [0.05, 0.1) is 24.2 Å². The molecule has 40 heavy (non-hydrogen) atoms. The van der Waals surface area contributed by atoms with Crippen molar-refractivity contribution in [2.24, 2.45) is 5.92 Å². The Bertz CT molecular complexity index is 1340. The summed E-state index contributed by atoms with van der Waals surface area (Å²) in [5.74, 6) is -2.94. The Labute approximate surface area is 234 Å². The van der Waals surface area contributed by atoms with Crippen molar-refractivity contribution >= 4 is 16.6 Å². The molecule has 0 aliphatic heterocycles. The largest absolute Gasteiger partial charge is 0.493 e. The number of nitrogens with zero attached hydrogens (tertiary/aromatic N) is 2. The highest BCUT2D eigenvalue weighted by Gasteiger charge is 2.49. The van der Waals surface area contributed by atoms with Gasteiger partial charge < -0.3 is 24.8 Å². The van der Waals surface area contributed by atoms with Crippen molar-refractivity contribution in [1.82, 2.24) is 9.88 Å². The van der Waals surface area contributed by atoms with Crippen LogP contribution in [0, 0.1) is 18.7 Å². The van der Waals surface area contributed by atoms with Gasteiger partial charge in [0, 0.05) is 41.5 Å². The van der Waals surface area contributed by atoms with Crippen LogP contribution >= 0.6 is 0 Å². The van der Waals surface area contributed by atoms with E-state index in [0.717, 1.165) is 50.0 Å². The molecule has 1 heterocycles. The number of methoxy groups -OCH3 is 1. The van der Waals surface area contributed by atoms with Crippen molar-refractivity contribution in [2.45, 2.75) is 64.5 Å². The fourth-order valence-electron chi connectivity index (χ4n) is 5.04. The molecule has 9 heteroatoms. The monoisotopic (exact) mass is 559 g/mol. The number of pyridine rings is 1. The van der Waals surface area contributed by atoms with E-state index in [-0.39, 0.29) is 5.56 Å². The molecule has 1 atom stereocenters. The van der Waals surface area contributed by atoms with Gasteiger partial charge in [-0.3, -0.25) is 4.98 Å². The Morgan fingerprint density at radius 3 is 2.52 bits per heavy atom. The van der Waals surface area contributed by atoms with Crippen LogP contribution in [-0.4, -0.2) is 54.4 Å². The average Bonchev–Trinajstić information content (AvgIpc) is 2.85. The van der Waals surface area contributed by atoms with Gasteiger partial charge in [-0.05, 0) is 71.7 Å². The first-order valence-electron chi connectivity index (χ1n) is 13.8. The third-order valence-corrected chi connectivity index (χ3v) is 7.72. The first-order chi connectivity index (χ1) is 18.8. The van der Waals surface area contributed by atoms with Gasteiger partial charge in [-0.1, -0.05) is 18.6 Å². The molecule has 1 aliphatic rings. The summed E-state index contributed by atoms with van der Waals surface area (Å²) < 4.78 is 56.9. The number of anilines is 1. The van der Waals surface area contributed by atoms with E-state index in [9.17, 15) is 13.9 Å². The molecule has 0 radical (unpaired) electrons. The zero-order valence-electron chi connectivity index (χ0n) is 24.2. The van der Waals surface area contributed by atoms with Crippen LogP contribution in [0.2, 0.25) is 0 Å². The number of hydrogen-bond donors (Lipinski definition) is 2. The summed E-state index contributed by atoms with van der Waals surface area (Å²) in [6.45, 7) is 7.79. The van der Waals surface area contributed by atoms with E-state index in [1.807, 2.05) is 19.1 Å². The van der Waals surface area contributed by atoms with Crippen LogP contribution in [-0.2, 0) is 5.92 Å². The smallest absolute Gasteiger partial charge is 0.303 e. The Morgan fingerprint density at radius 1 is 1.18 bits per heavy atom. The number of ether oxygens (including phenoxy) is 2. The van der Waals surface area contributed by atoms with Gasteiger partial charge in [-0.2, -0.15) is 8.78 Å².